The van der Waals surface area contributed by atoms with Gasteiger partial charge in [-0.2, -0.15) is 0 Å². The average molecular weight is 234 g/mol. The maximum atomic E-state index is 10.2. The second kappa shape index (κ2) is 5.54. The third-order valence-corrected chi connectivity index (χ3v) is 3.71. The van der Waals surface area contributed by atoms with Crippen molar-refractivity contribution in [2.45, 2.75) is 52.1 Å². The molecule has 2 rings (SSSR count). The lowest BCUT2D eigenvalue weighted by Gasteiger charge is -2.20. The van der Waals surface area contributed by atoms with E-state index in [2.05, 4.69) is 6.07 Å². The summed E-state index contributed by atoms with van der Waals surface area (Å²) in [6.45, 7) is 2.64. The molecule has 0 radical (unpaired) electrons. The predicted octanol–water partition coefficient (Wildman–Crippen LogP) is 3.51. The summed E-state index contributed by atoms with van der Waals surface area (Å²) in [5.41, 5.74) is 4.77. The van der Waals surface area contributed by atoms with Gasteiger partial charge < -0.3 is 9.84 Å². The Bertz CT molecular complexity index is 396. The van der Waals surface area contributed by atoms with Crippen LogP contribution in [0, 0.1) is 6.92 Å². The number of aromatic hydroxyl groups is 1. The highest BCUT2D eigenvalue weighted by molar-refractivity contribution is 5.49. The Labute approximate surface area is 104 Å². The van der Waals surface area contributed by atoms with Crippen LogP contribution in [0.4, 0.5) is 0 Å². The van der Waals surface area contributed by atoms with Crippen LogP contribution in [0.2, 0.25) is 0 Å². The van der Waals surface area contributed by atoms with Gasteiger partial charge in [-0.3, -0.25) is 0 Å². The topological polar surface area (TPSA) is 29.5 Å². The highest BCUT2D eigenvalue weighted by Gasteiger charge is 2.16. The number of phenolic OH excluding ortho intramolecular Hbond substituents is 1. The molecule has 0 spiro atoms. The molecule has 17 heavy (non-hydrogen) atoms. The van der Waals surface area contributed by atoms with Crippen molar-refractivity contribution in [3.8, 4) is 5.75 Å². The van der Waals surface area contributed by atoms with E-state index in [4.69, 9.17) is 4.74 Å². The van der Waals surface area contributed by atoms with Crippen LogP contribution >= 0.6 is 0 Å². The van der Waals surface area contributed by atoms with E-state index in [1.807, 2.05) is 6.92 Å². The SMILES string of the molecule is COCc1cc(C)c(O)c2c1CCCCCC2. The smallest absolute Gasteiger partial charge is 0.121 e. The van der Waals surface area contributed by atoms with Crippen LogP contribution in [-0.2, 0) is 24.2 Å². The molecule has 0 saturated heterocycles. The molecule has 0 atom stereocenters. The van der Waals surface area contributed by atoms with Crippen molar-refractivity contribution in [2.75, 3.05) is 7.11 Å². The fourth-order valence-corrected chi connectivity index (χ4v) is 2.81. The molecule has 0 aliphatic heterocycles. The molecule has 2 nitrogen and oxygen atoms in total. The quantitative estimate of drug-likeness (QED) is 0.848. The zero-order valence-electron chi connectivity index (χ0n) is 10.9. The molecule has 0 fully saturated rings. The van der Waals surface area contributed by atoms with E-state index in [9.17, 15) is 5.11 Å². The number of hydrogen-bond acceptors (Lipinski definition) is 2. The Kier molecular flexibility index (Phi) is 4.06. The lowest BCUT2D eigenvalue weighted by atomic mass is 9.88. The van der Waals surface area contributed by atoms with Crippen LogP contribution in [-0.4, -0.2) is 12.2 Å². The van der Waals surface area contributed by atoms with Gasteiger partial charge in [0.1, 0.15) is 5.75 Å². The van der Waals surface area contributed by atoms with Crippen molar-refractivity contribution in [1.29, 1.82) is 0 Å². The fraction of sp³-hybridized carbons (Fsp3) is 0.600. The summed E-state index contributed by atoms with van der Waals surface area (Å²) in [4.78, 5) is 0. The first kappa shape index (κ1) is 12.4. The summed E-state index contributed by atoms with van der Waals surface area (Å²) in [6, 6.07) is 2.08. The zero-order chi connectivity index (χ0) is 12.3. The van der Waals surface area contributed by atoms with Gasteiger partial charge >= 0.3 is 0 Å². The number of rotatable bonds is 2. The zero-order valence-corrected chi connectivity index (χ0v) is 10.9. The van der Waals surface area contributed by atoms with Crippen molar-refractivity contribution in [1.82, 2.24) is 0 Å². The van der Waals surface area contributed by atoms with Crippen molar-refractivity contribution in [2.24, 2.45) is 0 Å². The molecule has 0 bridgehead atoms. The lowest BCUT2D eigenvalue weighted by molar-refractivity contribution is 0.184. The van der Waals surface area contributed by atoms with E-state index in [1.54, 1.807) is 7.11 Å². The van der Waals surface area contributed by atoms with E-state index in [-0.39, 0.29) is 0 Å². The maximum absolute atomic E-state index is 10.2. The summed E-state index contributed by atoms with van der Waals surface area (Å²) in [7, 11) is 1.73. The molecule has 94 valence electrons. The fourth-order valence-electron chi connectivity index (χ4n) is 2.81. The number of phenols is 1. The summed E-state index contributed by atoms with van der Waals surface area (Å²) in [5, 5.41) is 10.2. The molecule has 1 aromatic rings. The van der Waals surface area contributed by atoms with Crippen molar-refractivity contribution in [3.63, 3.8) is 0 Å². The standard InChI is InChI=1S/C15H22O2/c1-11-9-12(10-17-2)13-7-5-3-4-6-8-14(13)15(11)16/h9,16H,3-8,10H2,1-2H3. The Hall–Kier alpha value is -1.02. The van der Waals surface area contributed by atoms with E-state index in [0.29, 0.717) is 12.4 Å². The summed E-state index contributed by atoms with van der Waals surface area (Å²) in [6.07, 6.45) is 7.11. The van der Waals surface area contributed by atoms with Crippen LogP contribution in [0.1, 0.15) is 47.9 Å². The van der Waals surface area contributed by atoms with E-state index in [0.717, 1.165) is 18.4 Å². The molecule has 1 aromatic carbocycles. The first-order valence-corrected chi connectivity index (χ1v) is 6.56. The van der Waals surface area contributed by atoms with Gasteiger partial charge in [0.2, 0.25) is 0 Å². The predicted molar refractivity (Wildman–Crippen MR) is 69.4 cm³/mol. The number of ether oxygens (including phenoxy) is 1. The average Bonchev–Trinajstić information content (AvgIpc) is 2.26. The van der Waals surface area contributed by atoms with Gasteiger partial charge in [0.15, 0.2) is 0 Å². The number of hydrogen-bond donors (Lipinski definition) is 1. The van der Waals surface area contributed by atoms with Crippen molar-refractivity contribution in [3.05, 3.63) is 28.3 Å². The highest BCUT2D eigenvalue weighted by atomic mass is 16.5. The van der Waals surface area contributed by atoms with Crippen LogP contribution in [0.3, 0.4) is 0 Å². The van der Waals surface area contributed by atoms with Gasteiger partial charge in [0, 0.05) is 7.11 Å². The molecule has 1 aliphatic carbocycles. The minimum atomic E-state index is 0.516. The summed E-state index contributed by atoms with van der Waals surface area (Å²) < 4.78 is 5.28. The molecule has 1 aliphatic rings. The first-order chi connectivity index (χ1) is 8.24. The van der Waals surface area contributed by atoms with Crippen LogP contribution < -0.4 is 0 Å². The summed E-state index contributed by atoms with van der Waals surface area (Å²) >= 11 is 0. The van der Waals surface area contributed by atoms with Crippen LogP contribution in [0.5, 0.6) is 5.75 Å². The Morgan fingerprint density at radius 1 is 1.12 bits per heavy atom. The van der Waals surface area contributed by atoms with Gasteiger partial charge in [0.05, 0.1) is 6.61 Å². The monoisotopic (exact) mass is 234 g/mol. The number of aryl methyl sites for hydroxylation is 1. The molecule has 2 heteroatoms. The molecular weight excluding hydrogens is 212 g/mol. The summed E-state index contributed by atoms with van der Waals surface area (Å²) in [5.74, 6) is 0.516. The molecular formula is C15H22O2. The minimum absolute atomic E-state index is 0.516. The molecule has 1 N–H and O–H groups in total. The largest absolute Gasteiger partial charge is 0.507 e. The second-order valence-electron chi connectivity index (χ2n) is 5.01. The first-order valence-electron chi connectivity index (χ1n) is 6.56. The molecule has 0 heterocycles. The van der Waals surface area contributed by atoms with Crippen LogP contribution in [0.25, 0.3) is 0 Å². The van der Waals surface area contributed by atoms with Crippen LogP contribution in [0.15, 0.2) is 6.07 Å². The Morgan fingerprint density at radius 2 is 1.76 bits per heavy atom. The lowest BCUT2D eigenvalue weighted by Crippen LogP contribution is -2.06. The molecule has 0 saturated carbocycles. The second-order valence-corrected chi connectivity index (χ2v) is 5.01. The van der Waals surface area contributed by atoms with Gasteiger partial charge in [-0.1, -0.05) is 12.8 Å². The molecule has 0 aromatic heterocycles. The van der Waals surface area contributed by atoms with Crippen molar-refractivity contribution >= 4 is 0 Å². The molecule has 0 unspecified atom stereocenters. The maximum Gasteiger partial charge on any atom is 0.121 e. The normalized spacial score (nSPS) is 16.1. The Morgan fingerprint density at radius 3 is 2.41 bits per heavy atom. The van der Waals surface area contributed by atoms with Crippen molar-refractivity contribution < 1.29 is 9.84 Å². The van der Waals surface area contributed by atoms with E-state index in [1.165, 1.54) is 42.4 Å². The Balaban J connectivity index is 2.47. The number of methoxy groups -OCH3 is 1. The minimum Gasteiger partial charge on any atom is -0.507 e. The molecule has 0 amide bonds. The number of benzene rings is 1. The third-order valence-electron chi connectivity index (χ3n) is 3.71. The van der Waals surface area contributed by atoms with Gasteiger partial charge in [0.25, 0.3) is 0 Å². The van der Waals surface area contributed by atoms with Gasteiger partial charge in [-0.05, 0) is 60.9 Å². The van der Waals surface area contributed by atoms with E-state index >= 15 is 0 Å². The third kappa shape index (κ3) is 2.63. The van der Waals surface area contributed by atoms with Gasteiger partial charge in [-0.15, -0.1) is 0 Å². The highest BCUT2D eigenvalue weighted by Crippen LogP contribution is 2.33. The number of fused-ring (bicyclic) bond motifs is 1. The van der Waals surface area contributed by atoms with E-state index < -0.39 is 0 Å². The van der Waals surface area contributed by atoms with Gasteiger partial charge in [-0.25, -0.2) is 0 Å².